The largest absolute Gasteiger partial charge is 0.300 e. The van der Waals surface area contributed by atoms with Gasteiger partial charge in [0.25, 0.3) is 0 Å². The first kappa shape index (κ1) is 9.76. The minimum atomic E-state index is 0.367. The second-order valence-electron chi connectivity index (χ2n) is 4.48. The molecular weight excluding hydrogens is 148 g/mol. The summed E-state index contributed by atoms with van der Waals surface area (Å²) < 4.78 is 0. The molecule has 1 atom stereocenters. The molecule has 0 aliphatic heterocycles. The maximum absolute atomic E-state index is 11.1. The third kappa shape index (κ3) is 2.62. The lowest BCUT2D eigenvalue weighted by Crippen LogP contribution is -2.11. The number of hydrogen-bond donors (Lipinski definition) is 0. The van der Waals surface area contributed by atoms with Crippen LogP contribution in [-0.4, -0.2) is 5.78 Å². The summed E-state index contributed by atoms with van der Waals surface area (Å²) in [5, 5.41) is 0. The van der Waals surface area contributed by atoms with Crippen LogP contribution in [0, 0.1) is 5.41 Å². The van der Waals surface area contributed by atoms with Gasteiger partial charge in [0.2, 0.25) is 0 Å². The van der Waals surface area contributed by atoms with Crippen LogP contribution in [-0.2, 0) is 4.79 Å². The van der Waals surface area contributed by atoms with Crippen molar-refractivity contribution in [1.29, 1.82) is 0 Å². The average molecular weight is 168 g/mol. The first-order valence-corrected chi connectivity index (χ1v) is 5.18. The summed E-state index contributed by atoms with van der Waals surface area (Å²) >= 11 is 0. The van der Waals surface area contributed by atoms with E-state index in [-0.39, 0.29) is 0 Å². The zero-order valence-electron chi connectivity index (χ0n) is 8.36. The van der Waals surface area contributed by atoms with Gasteiger partial charge in [-0.2, -0.15) is 0 Å². The molecule has 1 aliphatic rings. The van der Waals surface area contributed by atoms with Crippen LogP contribution in [0.2, 0.25) is 0 Å². The van der Waals surface area contributed by atoms with E-state index < -0.39 is 0 Å². The molecule has 1 unspecified atom stereocenters. The van der Waals surface area contributed by atoms with E-state index in [4.69, 9.17) is 0 Å². The summed E-state index contributed by atoms with van der Waals surface area (Å²) in [5.74, 6) is 0.481. The van der Waals surface area contributed by atoms with Gasteiger partial charge in [-0.05, 0) is 18.3 Å². The smallest absolute Gasteiger partial charge is 0.133 e. The molecule has 1 nitrogen and oxygen atoms in total. The van der Waals surface area contributed by atoms with E-state index in [2.05, 4.69) is 13.8 Å². The quantitative estimate of drug-likeness (QED) is 0.588. The molecule has 1 rings (SSSR count). The Morgan fingerprint density at radius 1 is 1.42 bits per heavy atom. The van der Waals surface area contributed by atoms with E-state index in [1.165, 1.54) is 25.7 Å². The fourth-order valence-electron chi connectivity index (χ4n) is 2.11. The minimum Gasteiger partial charge on any atom is -0.300 e. The zero-order chi connectivity index (χ0) is 9.03. The predicted molar refractivity (Wildman–Crippen MR) is 51.1 cm³/mol. The van der Waals surface area contributed by atoms with Crippen molar-refractivity contribution in [2.75, 3.05) is 0 Å². The number of hydrogen-bond acceptors (Lipinski definition) is 1. The number of ketones is 1. The van der Waals surface area contributed by atoms with Gasteiger partial charge in [-0.15, -0.1) is 0 Å². The number of unbranched alkanes of at least 4 members (excludes halogenated alkanes) is 2. The highest BCUT2D eigenvalue weighted by atomic mass is 16.1. The van der Waals surface area contributed by atoms with Gasteiger partial charge in [0.15, 0.2) is 0 Å². The Hall–Kier alpha value is -0.330. The summed E-state index contributed by atoms with van der Waals surface area (Å²) in [5.41, 5.74) is 0.367. The van der Waals surface area contributed by atoms with Crippen LogP contribution in [0.25, 0.3) is 0 Å². The van der Waals surface area contributed by atoms with Crippen molar-refractivity contribution >= 4 is 5.78 Å². The molecule has 0 aromatic rings. The Morgan fingerprint density at radius 2 is 2.17 bits per heavy atom. The molecule has 0 spiro atoms. The summed E-state index contributed by atoms with van der Waals surface area (Å²) in [6.07, 6.45) is 7.98. The summed E-state index contributed by atoms with van der Waals surface area (Å²) in [6.45, 7) is 4.50. The number of Topliss-reactive ketones (excluding diaryl/α,β-unsaturated/α-hetero) is 1. The molecule has 0 saturated heterocycles. The Balaban J connectivity index is 2.25. The first-order chi connectivity index (χ1) is 5.66. The Morgan fingerprint density at radius 3 is 2.67 bits per heavy atom. The van der Waals surface area contributed by atoms with Crippen molar-refractivity contribution in [3.63, 3.8) is 0 Å². The van der Waals surface area contributed by atoms with Gasteiger partial charge in [-0.3, -0.25) is 4.79 Å². The fourth-order valence-corrected chi connectivity index (χ4v) is 2.11. The maximum Gasteiger partial charge on any atom is 0.133 e. The average Bonchev–Trinajstić information content (AvgIpc) is 2.32. The van der Waals surface area contributed by atoms with Crippen molar-refractivity contribution in [1.82, 2.24) is 0 Å². The second kappa shape index (κ2) is 4.06. The van der Waals surface area contributed by atoms with E-state index in [9.17, 15) is 4.79 Å². The highest BCUT2D eigenvalue weighted by Gasteiger charge is 2.32. The van der Waals surface area contributed by atoms with Crippen molar-refractivity contribution in [2.24, 2.45) is 5.41 Å². The number of carbonyl (C=O) groups excluding carboxylic acids is 1. The van der Waals surface area contributed by atoms with Crippen LogP contribution in [0.1, 0.15) is 58.8 Å². The van der Waals surface area contributed by atoms with Gasteiger partial charge in [0.1, 0.15) is 5.78 Å². The molecule has 0 radical (unpaired) electrons. The molecule has 0 aromatic heterocycles. The Bertz CT molecular complexity index is 162. The molecule has 1 fully saturated rings. The third-order valence-electron chi connectivity index (χ3n) is 3.02. The van der Waals surface area contributed by atoms with E-state index in [1.807, 2.05) is 0 Å². The van der Waals surface area contributed by atoms with Gasteiger partial charge in [-0.25, -0.2) is 0 Å². The van der Waals surface area contributed by atoms with Gasteiger partial charge < -0.3 is 0 Å². The lowest BCUT2D eigenvalue weighted by atomic mass is 9.83. The van der Waals surface area contributed by atoms with E-state index in [1.54, 1.807) is 0 Å². The van der Waals surface area contributed by atoms with Gasteiger partial charge in [0.05, 0.1) is 0 Å². The molecule has 1 saturated carbocycles. The summed E-state index contributed by atoms with van der Waals surface area (Å²) in [4.78, 5) is 11.1. The molecule has 1 heteroatoms. The standard InChI is InChI=1S/C11H20O/c1-3-4-5-7-11(2)8-6-10(12)9-11/h3-9H2,1-2H3. The third-order valence-corrected chi connectivity index (χ3v) is 3.02. The monoisotopic (exact) mass is 168 g/mol. The molecular formula is C11H20O. The molecule has 0 aromatic carbocycles. The fraction of sp³-hybridized carbons (Fsp3) is 0.909. The highest BCUT2D eigenvalue weighted by Crippen LogP contribution is 2.39. The van der Waals surface area contributed by atoms with Crippen LogP contribution < -0.4 is 0 Å². The highest BCUT2D eigenvalue weighted by molar-refractivity contribution is 5.81. The van der Waals surface area contributed by atoms with Crippen molar-refractivity contribution in [2.45, 2.75) is 58.8 Å². The van der Waals surface area contributed by atoms with Crippen LogP contribution in [0.4, 0.5) is 0 Å². The maximum atomic E-state index is 11.1. The molecule has 0 amide bonds. The summed E-state index contributed by atoms with van der Waals surface area (Å²) in [7, 11) is 0. The topological polar surface area (TPSA) is 17.1 Å². The van der Waals surface area contributed by atoms with Gasteiger partial charge in [-0.1, -0.05) is 33.1 Å². The molecule has 1 aliphatic carbocycles. The molecule has 0 bridgehead atoms. The van der Waals surface area contributed by atoms with E-state index in [0.29, 0.717) is 11.2 Å². The molecule has 0 N–H and O–H groups in total. The van der Waals surface area contributed by atoms with Crippen LogP contribution >= 0.6 is 0 Å². The van der Waals surface area contributed by atoms with Crippen molar-refractivity contribution in [3.8, 4) is 0 Å². The molecule has 12 heavy (non-hydrogen) atoms. The SMILES string of the molecule is CCCCCC1(C)CCC(=O)C1. The van der Waals surface area contributed by atoms with Gasteiger partial charge in [0, 0.05) is 12.8 Å². The van der Waals surface area contributed by atoms with E-state index >= 15 is 0 Å². The van der Waals surface area contributed by atoms with Crippen LogP contribution in [0.5, 0.6) is 0 Å². The van der Waals surface area contributed by atoms with E-state index in [0.717, 1.165) is 19.3 Å². The van der Waals surface area contributed by atoms with Crippen molar-refractivity contribution in [3.05, 3.63) is 0 Å². The predicted octanol–water partition coefficient (Wildman–Crippen LogP) is 3.33. The lowest BCUT2D eigenvalue weighted by Gasteiger charge is -2.21. The lowest BCUT2D eigenvalue weighted by molar-refractivity contribution is -0.118. The minimum absolute atomic E-state index is 0.367. The van der Waals surface area contributed by atoms with Crippen molar-refractivity contribution < 1.29 is 4.79 Å². The molecule has 0 heterocycles. The normalized spacial score (nSPS) is 29.7. The number of carbonyl (C=O) groups is 1. The number of rotatable bonds is 4. The summed E-state index contributed by atoms with van der Waals surface area (Å²) in [6, 6.07) is 0. The molecule has 70 valence electrons. The second-order valence-corrected chi connectivity index (χ2v) is 4.48. The van der Waals surface area contributed by atoms with Gasteiger partial charge >= 0.3 is 0 Å². The zero-order valence-corrected chi connectivity index (χ0v) is 8.36. The Labute approximate surface area is 75.5 Å². The first-order valence-electron chi connectivity index (χ1n) is 5.18. The van der Waals surface area contributed by atoms with Crippen LogP contribution in [0.15, 0.2) is 0 Å². The van der Waals surface area contributed by atoms with Crippen LogP contribution in [0.3, 0.4) is 0 Å². The Kier molecular flexibility index (Phi) is 3.30.